The molecule has 1 fully saturated rings. The van der Waals surface area contributed by atoms with Gasteiger partial charge in [-0.15, -0.1) is 0 Å². The third-order valence-electron chi connectivity index (χ3n) is 2.67. The molecule has 13 heavy (non-hydrogen) atoms. The van der Waals surface area contributed by atoms with Crippen LogP contribution in [0.4, 0.5) is 0 Å². The number of hydrogen-bond donors (Lipinski definition) is 0. The summed E-state index contributed by atoms with van der Waals surface area (Å²) in [5, 5.41) is 0. The third-order valence-corrected chi connectivity index (χ3v) is 7.42. The zero-order valence-electron chi connectivity index (χ0n) is 9.52. The summed E-state index contributed by atoms with van der Waals surface area (Å²) in [6, 6.07) is 1.11. The first-order valence-corrected chi connectivity index (χ1v) is 7.14. The van der Waals surface area contributed by atoms with Crippen molar-refractivity contribution in [1.29, 1.82) is 0 Å². The largest absolute Gasteiger partial charge is 0.397 e. The Labute approximate surface area is 82.9 Å². The average Bonchev–Trinajstić information content (AvgIpc) is 2.81. The highest BCUT2D eigenvalue weighted by molar-refractivity contribution is 6.69. The smallest absolute Gasteiger partial charge is 0.341 e. The van der Waals surface area contributed by atoms with E-state index in [1.54, 1.807) is 0 Å². The molecule has 0 N–H and O–H groups in total. The van der Waals surface area contributed by atoms with Gasteiger partial charge in [0.25, 0.3) is 0 Å². The van der Waals surface area contributed by atoms with Gasteiger partial charge in [-0.05, 0) is 24.3 Å². The average molecular weight is 202 g/mol. The Bertz CT molecular complexity index is 166. The summed E-state index contributed by atoms with van der Waals surface area (Å²) >= 11 is 0. The summed E-state index contributed by atoms with van der Waals surface area (Å²) in [6.07, 6.45) is 2.62. The fourth-order valence-corrected chi connectivity index (χ4v) is 5.90. The molecule has 0 aromatic heterocycles. The van der Waals surface area contributed by atoms with Gasteiger partial charge < -0.3 is 8.85 Å². The fourth-order valence-electron chi connectivity index (χ4n) is 1.97. The molecule has 0 spiro atoms. The normalized spacial score (nSPS) is 19.2. The van der Waals surface area contributed by atoms with E-state index in [9.17, 15) is 0 Å². The molecule has 0 heterocycles. The molecule has 0 radical (unpaired) electrons. The summed E-state index contributed by atoms with van der Waals surface area (Å²) < 4.78 is 11.4. The molecule has 1 rings (SSSR count). The van der Waals surface area contributed by atoms with Crippen molar-refractivity contribution in [2.45, 2.75) is 45.2 Å². The summed E-state index contributed by atoms with van der Waals surface area (Å²) in [4.78, 5) is 0. The van der Waals surface area contributed by atoms with E-state index < -0.39 is 8.56 Å². The van der Waals surface area contributed by atoms with Gasteiger partial charge in [-0.3, -0.25) is 0 Å². The molecule has 0 atom stereocenters. The topological polar surface area (TPSA) is 18.5 Å². The maximum absolute atomic E-state index is 5.70. The molecule has 0 amide bonds. The van der Waals surface area contributed by atoms with E-state index in [0.29, 0.717) is 5.41 Å². The second-order valence-electron chi connectivity index (χ2n) is 5.23. The van der Waals surface area contributed by atoms with Crippen LogP contribution in [0.3, 0.4) is 0 Å². The van der Waals surface area contributed by atoms with Gasteiger partial charge in [-0.25, -0.2) is 0 Å². The van der Waals surface area contributed by atoms with Gasteiger partial charge in [-0.1, -0.05) is 20.8 Å². The monoisotopic (exact) mass is 202 g/mol. The van der Waals surface area contributed by atoms with Crippen molar-refractivity contribution in [1.82, 2.24) is 0 Å². The van der Waals surface area contributed by atoms with Crippen molar-refractivity contribution < 1.29 is 8.85 Å². The molecule has 0 aliphatic heterocycles. The van der Waals surface area contributed by atoms with Crippen molar-refractivity contribution in [2.75, 3.05) is 14.2 Å². The Morgan fingerprint density at radius 3 is 1.85 bits per heavy atom. The minimum atomic E-state index is -1.85. The molecular weight excluding hydrogens is 180 g/mol. The Hall–Kier alpha value is 0.137. The zero-order valence-corrected chi connectivity index (χ0v) is 10.5. The zero-order chi connectivity index (χ0) is 10.1. The molecule has 1 aliphatic rings. The summed E-state index contributed by atoms with van der Waals surface area (Å²) in [6.45, 7) is 6.78. The SMILES string of the molecule is CO[Si](CC(C)(C)C)(OC)C1CC1. The van der Waals surface area contributed by atoms with E-state index in [2.05, 4.69) is 20.8 Å². The van der Waals surface area contributed by atoms with E-state index in [1.807, 2.05) is 14.2 Å². The highest BCUT2D eigenvalue weighted by Gasteiger charge is 2.52. The van der Waals surface area contributed by atoms with Gasteiger partial charge in [0.15, 0.2) is 0 Å². The third kappa shape index (κ3) is 2.79. The van der Waals surface area contributed by atoms with E-state index in [4.69, 9.17) is 8.85 Å². The molecule has 1 aliphatic carbocycles. The van der Waals surface area contributed by atoms with Crippen LogP contribution in [0.5, 0.6) is 0 Å². The molecule has 0 aromatic rings. The van der Waals surface area contributed by atoms with E-state index >= 15 is 0 Å². The molecule has 78 valence electrons. The fraction of sp³-hybridized carbons (Fsp3) is 1.00. The quantitative estimate of drug-likeness (QED) is 0.653. The molecule has 0 unspecified atom stereocenters. The van der Waals surface area contributed by atoms with Crippen molar-refractivity contribution in [3.63, 3.8) is 0 Å². The minimum Gasteiger partial charge on any atom is -0.397 e. The second kappa shape index (κ2) is 3.71. The standard InChI is InChI=1S/C10H22O2Si/c1-10(2,3)8-13(11-4,12-5)9-6-7-9/h9H,6-8H2,1-5H3. The van der Waals surface area contributed by atoms with Gasteiger partial charge in [0.2, 0.25) is 0 Å². The summed E-state index contributed by atoms with van der Waals surface area (Å²) in [7, 11) is 1.79. The van der Waals surface area contributed by atoms with Crippen molar-refractivity contribution in [3.05, 3.63) is 0 Å². The first-order chi connectivity index (χ1) is 5.93. The van der Waals surface area contributed by atoms with Crippen LogP contribution in [0, 0.1) is 5.41 Å². The van der Waals surface area contributed by atoms with Crippen LogP contribution in [-0.4, -0.2) is 22.8 Å². The molecule has 0 saturated heterocycles. The molecule has 0 aromatic carbocycles. The van der Waals surface area contributed by atoms with Crippen LogP contribution in [-0.2, 0) is 8.85 Å². The molecule has 1 saturated carbocycles. The van der Waals surface area contributed by atoms with Crippen LogP contribution in [0.15, 0.2) is 0 Å². The van der Waals surface area contributed by atoms with Gasteiger partial charge in [0.1, 0.15) is 0 Å². The van der Waals surface area contributed by atoms with E-state index in [0.717, 1.165) is 11.6 Å². The van der Waals surface area contributed by atoms with Crippen LogP contribution >= 0.6 is 0 Å². The minimum absolute atomic E-state index is 0.320. The lowest BCUT2D eigenvalue weighted by Crippen LogP contribution is -2.43. The van der Waals surface area contributed by atoms with Crippen LogP contribution in [0.2, 0.25) is 11.6 Å². The first kappa shape index (κ1) is 11.2. The lowest BCUT2D eigenvalue weighted by atomic mass is 10.0. The van der Waals surface area contributed by atoms with E-state index in [1.165, 1.54) is 12.8 Å². The Morgan fingerprint density at radius 2 is 1.62 bits per heavy atom. The van der Waals surface area contributed by atoms with Crippen LogP contribution < -0.4 is 0 Å². The Kier molecular flexibility index (Phi) is 3.20. The Balaban J connectivity index is 2.65. The van der Waals surface area contributed by atoms with Crippen LogP contribution in [0.25, 0.3) is 0 Å². The first-order valence-electron chi connectivity index (χ1n) is 5.04. The molecule has 3 heteroatoms. The maximum Gasteiger partial charge on any atom is 0.341 e. The molecular formula is C10H22O2Si. The predicted octanol–water partition coefficient (Wildman–Crippen LogP) is 2.93. The summed E-state index contributed by atoms with van der Waals surface area (Å²) in [5.74, 6) is 0. The van der Waals surface area contributed by atoms with Crippen molar-refractivity contribution in [2.24, 2.45) is 5.41 Å². The van der Waals surface area contributed by atoms with E-state index in [-0.39, 0.29) is 0 Å². The highest BCUT2D eigenvalue weighted by Crippen LogP contribution is 2.50. The lowest BCUT2D eigenvalue weighted by molar-refractivity contribution is 0.222. The maximum atomic E-state index is 5.70. The van der Waals surface area contributed by atoms with Gasteiger partial charge in [-0.2, -0.15) is 0 Å². The van der Waals surface area contributed by atoms with Crippen molar-refractivity contribution in [3.8, 4) is 0 Å². The molecule has 0 bridgehead atoms. The van der Waals surface area contributed by atoms with Gasteiger partial charge >= 0.3 is 8.56 Å². The number of hydrogen-bond acceptors (Lipinski definition) is 2. The highest BCUT2D eigenvalue weighted by atomic mass is 28.4. The van der Waals surface area contributed by atoms with Gasteiger partial charge in [0.05, 0.1) is 0 Å². The van der Waals surface area contributed by atoms with Crippen molar-refractivity contribution >= 4 is 8.56 Å². The Morgan fingerprint density at radius 1 is 1.15 bits per heavy atom. The lowest BCUT2D eigenvalue weighted by Gasteiger charge is -2.33. The van der Waals surface area contributed by atoms with Crippen LogP contribution in [0.1, 0.15) is 33.6 Å². The predicted molar refractivity (Wildman–Crippen MR) is 57.0 cm³/mol. The number of rotatable bonds is 4. The summed E-state index contributed by atoms with van der Waals surface area (Å²) in [5.41, 5.74) is 1.07. The molecule has 2 nitrogen and oxygen atoms in total. The van der Waals surface area contributed by atoms with Gasteiger partial charge in [0, 0.05) is 19.8 Å². The second-order valence-corrected chi connectivity index (χ2v) is 8.84.